The van der Waals surface area contributed by atoms with Crippen LogP contribution in [0.4, 0.5) is 0 Å². The first-order valence-electron chi connectivity index (χ1n) is 6.03. The quantitative estimate of drug-likeness (QED) is 0.468. The Bertz CT molecular complexity index is 436. The Morgan fingerprint density at radius 2 is 1.84 bits per heavy atom. The third kappa shape index (κ3) is 5.98. The molecular formula is C12H19IN2O4. The standard InChI is InChI=1S/C12H19IN2O4/c1-10-14-9-11(13)12(16)15(10)3-4-18-7-8-19-6-5-17-2/h9H,3-8H2,1-2H3. The molecule has 0 amide bonds. The Hall–Kier alpha value is -0.510. The van der Waals surface area contributed by atoms with Crippen LogP contribution in [-0.2, 0) is 20.8 Å². The molecule has 0 radical (unpaired) electrons. The van der Waals surface area contributed by atoms with Crippen LogP contribution in [0.5, 0.6) is 0 Å². The molecule has 0 aliphatic heterocycles. The van der Waals surface area contributed by atoms with Crippen LogP contribution in [0.25, 0.3) is 0 Å². The fourth-order valence-corrected chi connectivity index (χ4v) is 1.86. The minimum atomic E-state index is -0.0203. The monoisotopic (exact) mass is 382 g/mol. The van der Waals surface area contributed by atoms with Crippen molar-refractivity contribution in [3.63, 3.8) is 0 Å². The van der Waals surface area contributed by atoms with Gasteiger partial charge in [-0.25, -0.2) is 4.98 Å². The van der Waals surface area contributed by atoms with Crippen LogP contribution in [0.3, 0.4) is 0 Å². The number of nitrogens with zero attached hydrogens (tertiary/aromatic N) is 2. The molecule has 1 heterocycles. The van der Waals surface area contributed by atoms with Crippen LogP contribution >= 0.6 is 22.6 Å². The molecule has 1 rings (SSSR count). The van der Waals surface area contributed by atoms with Crippen molar-refractivity contribution in [2.24, 2.45) is 0 Å². The van der Waals surface area contributed by atoms with Crippen LogP contribution in [0.1, 0.15) is 5.82 Å². The maximum atomic E-state index is 11.8. The van der Waals surface area contributed by atoms with Crippen LogP contribution in [0, 0.1) is 10.5 Å². The van der Waals surface area contributed by atoms with Crippen molar-refractivity contribution in [3.8, 4) is 0 Å². The Labute approximate surface area is 126 Å². The molecule has 0 spiro atoms. The largest absolute Gasteiger partial charge is 0.382 e. The molecule has 0 saturated carbocycles. The molecule has 108 valence electrons. The number of hydrogen-bond donors (Lipinski definition) is 0. The Morgan fingerprint density at radius 3 is 2.53 bits per heavy atom. The first kappa shape index (κ1) is 16.5. The zero-order valence-corrected chi connectivity index (χ0v) is 13.4. The lowest BCUT2D eigenvalue weighted by molar-refractivity contribution is 0.0227. The van der Waals surface area contributed by atoms with Gasteiger partial charge in [-0.05, 0) is 29.5 Å². The molecule has 7 heteroatoms. The lowest BCUT2D eigenvalue weighted by Gasteiger charge is -2.10. The molecular weight excluding hydrogens is 363 g/mol. The van der Waals surface area contributed by atoms with E-state index in [1.165, 1.54) is 0 Å². The summed E-state index contributed by atoms with van der Waals surface area (Å²) >= 11 is 1.99. The number of aromatic nitrogens is 2. The van der Waals surface area contributed by atoms with Gasteiger partial charge in [0.15, 0.2) is 0 Å². The van der Waals surface area contributed by atoms with Gasteiger partial charge in [0.25, 0.3) is 5.56 Å². The fraction of sp³-hybridized carbons (Fsp3) is 0.667. The molecule has 0 unspecified atom stereocenters. The van der Waals surface area contributed by atoms with Crippen LogP contribution in [-0.4, -0.2) is 49.7 Å². The van der Waals surface area contributed by atoms with Crippen molar-refractivity contribution < 1.29 is 14.2 Å². The van der Waals surface area contributed by atoms with Crippen molar-refractivity contribution >= 4 is 22.6 Å². The van der Waals surface area contributed by atoms with Crippen molar-refractivity contribution in [2.75, 3.05) is 40.1 Å². The lowest BCUT2D eigenvalue weighted by atomic mass is 10.5. The molecule has 0 atom stereocenters. The van der Waals surface area contributed by atoms with Gasteiger partial charge in [0.1, 0.15) is 5.82 Å². The Kier molecular flexibility index (Phi) is 8.19. The number of hydrogen-bond acceptors (Lipinski definition) is 5. The SMILES string of the molecule is COCCOCCOCCn1c(C)ncc(I)c1=O. The molecule has 0 aliphatic carbocycles. The highest BCUT2D eigenvalue weighted by molar-refractivity contribution is 14.1. The molecule has 0 fully saturated rings. The Balaban J connectivity index is 2.23. The van der Waals surface area contributed by atoms with Gasteiger partial charge in [-0.15, -0.1) is 0 Å². The van der Waals surface area contributed by atoms with Gasteiger partial charge in [0.2, 0.25) is 0 Å². The highest BCUT2D eigenvalue weighted by Gasteiger charge is 2.04. The van der Waals surface area contributed by atoms with E-state index in [0.29, 0.717) is 49.0 Å². The minimum Gasteiger partial charge on any atom is -0.382 e. The second kappa shape index (κ2) is 9.40. The van der Waals surface area contributed by atoms with E-state index in [1.54, 1.807) is 17.9 Å². The number of rotatable bonds is 9. The third-order valence-corrected chi connectivity index (χ3v) is 3.21. The van der Waals surface area contributed by atoms with Crippen molar-refractivity contribution in [2.45, 2.75) is 13.5 Å². The van der Waals surface area contributed by atoms with Crippen molar-refractivity contribution in [1.82, 2.24) is 9.55 Å². The van der Waals surface area contributed by atoms with E-state index in [1.807, 2.05) is 29.5 Å². The maximum Gasteiger partial charge on any atom is 0.267 e. The van der Waals surface area contributed by atoms with Gasteiger partial charge in [0.05, 0.1) is 43.1 Å². The second-order valence-corrected chi connectivity index (χ2v) is 4.99. The molecule has 0 saturated heterocycles. The van der Waals surface area contributed by atoms with E-state index >= 15 is 0 Å². The summed E-state index contributed by atoms with van der Waals surface area (Å²) in [5.41, 5.74) is -0.0203. The van der Waals surface area contributed by atoms with Gasteiger partial charge in [0, 0.05) is 13.3 Å². The summed E-state index contributed by atoms with van der Waals surface area (Å²) < 4.78 is 17.8. The average molecular weight is 382 g/mol. The number of aryl methyl sites for hydroxylation is 1. The Morgan fingerprint density at radius 1 is 1.21 bits per heavy atom. The summed E-state index contributed by atoms with van der Waals surface area (Å²) in [6.45, 7) is 4.98. The fourth-order valence-electron chi connectivity index (χ4n) is 1.43. The van der Waals surface area contributed by atoms with Crippen molar-refractivity contribution in [3.05, 3.63) is 25.9 Å². The zero-order valence-electron chi connectivity index (χ0n) is 11.2. The molecule has 0 aromatic carbocycles. The lowest BCUT2D eigenvalue weighted by Crippen LogP contribution is -2.27. The molecule has 1 aromatic rings. The zero-order chi connectivity index (χ0) is 14.1. The molecule has 1 aromatic heterocycles. The molecule has 0 bridgehead atoms. The molecule has 6 nitrogen and oxygen atoms in total. The van der Waals surface area contributed by atoms with Crippen molar-refractivity contribution in [1.29, 1.82) is 0 Å². The highest BCUT2D eigenvalue weighted by Crippen LogP contribution is 1.97. The number of methoxy groups -OCH3 is 1. The van der Waals surface area contributed by atoms with Crippen LogP contribution in [0.2, 0.25) is 0 Å². The van der Waals surface area contributed by atoms with E-state index in [2.05, 4.69) is 4.98 Å². The van der Waals surface area contributed by atoms with E-state index in [9.17, 15) is 4.79 Å². The number of halogens is 1. The summed E-state index contributed by atoms with van der Waals surface area (Å²) in [6.07, 6.45) is 1.58. The predicted molar refractivity (Wildman–Crippen MR) is 79.5 cm³/mol. The van der Waals surface area contributed by atoms with E-state index in [4.69, 9.17) is 14.2 Å². The minimum absolute atomic E-state index is 0.0203. The van der Waals surface area contributed by atoms with Gasteiger partial charge < -0.3 is 14.2 Å². The van der Waals surface area contributed by atoms with Crippen LogP contribution < -0.4 is 5.56 Å². The van der Waals surface area contributed by atoms with E-state index in [-0.39, 0.29) is 5.56 Å². The normalized spacial score (nSPS) is 10.9. The molecule has 0 aliphatic rings. The third-order valence-electron chi connectivity index (χ3n) is 2.47. The molecule has 0 N–H and O–H groups in total. The molecule has 19 heavy (non-hydrogen) atoms. The average Bonchev–Trinajstić information content (AvgIpc) is 2.40. The summed E-state index contributed by atoms with van der Waals surface area (Å²) in [4.78, 5) is 16.0. The summed E-state index contributed by atoms with van der Waals surface area (Å²) in [7, 11) is 1.63. The maximum absolute atomic E-state index is 11.8. The number of ether oxygens (including phenoxy) is 3. The van der Waals surface area contributed by atoms with Gasteiger partial charge in [-0.2, -0.15) is 0 Å². The topological polar surface area (TPSA) is 62.6 Å². The summed E-state index contributed by atoms with van der Waals surface area (Å²) in [5.74, 6) is 0.699. The summed E-state index contributed by atoms with van der Waals surface area (Å²) in [5, 5.41) is 0. The summed E-state index contributed by atoms with van der Waals surface area (Å²) in [6, 6.07) is 0. The van der Waals surface area contributed by atoms with Gasteiger partial charge in [-0.3, -0.25) is 9.36 Å². The van der Waals surface area contributed by atoms with E-state index in [0.717, 1.165) is 0 Å². The highest BCUT2D eigenvalue weighted by atomic mass is 127. The second-order valence-electron chi connectivity index (χ2n) is 3.83. The van der Waals surface area contributed by atoms with Crippen LogP contribution in [0.15, 0.2) is 11.0 Å². The van der Waals surface area contributed by atoms with Gasteiger partial charge in [-0.1, -0.05) is 0 Å². The predicted octanol–water partition coefficient (Wildman–Crippen LogP) is 0.836. The van der Waals surface area contributed by atoms with Gasteiger partial charge >= 0.3 is 0 Å². The first-order valence-corrected chi connectivity index (χ1v) is 7.11. The smallest absolute Gasteiger partial charge is 0.267 e. The van der Waals surface area contributed by atoms with E-state index < -0.39 is 0 Å². The first-order chi connectivity index (χ1) is 9.16.